The van der Waals surface area contributed by atoms with E-state index in [0.29, 0.717) is 23.7 Å². The second-order valence-corrected chi connectivity index (χ2v) is 6.44. The maximum Gasteiger partial charge on any atom is 0.0652 e. The number of aliphatic hydroxyl groups is 1. The van der Waals surface area contributed by atoms with E-state index in [1.54, 1.807) is 0 Å². The molecule has 0 aliphatic rings. The molecule has 0 saturated heterocycles. The van der Waals surface area contributed by atoms with Gasteiger partial charge in [0.1, 0.15) is 0 Å². The Morgan fingerprint density at radius 1 is 0.933 bits per heavy atom. The van der Waals surface area contributed by atoms with Crippen LogP contribution in [0.2, 0.25) is 0 Å². The molecule has 2 atom stereocenters. The molecule has 2 unspecified atom stereocenters. The molecule has 0 amide bonds. The van der Waals surface area contributed by atoms with E-state index in [2.05, 4.69) is 41.5 Å². The zero-order chi connectivity index (χ0) is 12.2. The molecule has 0 fully saturated rings. The van der Waals surface area contributed by atoms with Gasteiger partial charge in [0.25, 0.3) is 0 Å². The molecular formula is C14H30O. The largest absolute Gasteiger partial charge is 0.390 e. The Labute approximate surface area is 96.3 Å². The SMILES string of the molecule is CC(C)CC(C(C)C)C(C)(O)CC(C)C. The fourth-order valence-electron chi connectivity index (χ4n) is 2.73. The minimum absolute atomic E-state index is 0.417. The lowest BCUT2D eigenvalue weighted by Gasteiger charge is -2.38. The Morgan fingerprint density at radius 3 is 1.67 bits per heavy atom. The standard InChI is InChI=1S/C14H30O/c1-10(2)8-13(12(5)6)14(7,15)9-11(3)4/h10-13,15H,8-9H2,1-7H3. The molecule has 0 spiro atoms. The highest BCUT2D eigenvalue weighted by atomic mass is 16.3. The van der Waals surface area contributed by atoms with Crippen LogP contribution in [0.4, 0.5) is 0 Å². The van der Waals surface area contributed by atoms with Crippen molar-refractivity contribution in [3.8, 4) is 0 Å². The van der Waals surface area contributed by atoms with Crippen LogP contribution in [0, 0.1) is 23.7 Å². The van der Waals surface area contributed by atoms with Crippen LogP contribution < -0.4 is 0 Å². The Kier molecular flexibility index (Phi) is 5.87. The van der Waals surface area contributed by atoms with Crippen molar-refractivity contribution in [3.05, 3.63) is 0 Å². The summed E-state index contributed by atoms with van der Waals surface area (Å²) in [5.74, 6) is 2.20. The van der Waals surface area contributed by atoms with Gasteiger partial charge in [-0.25, -0.2) is 0 Å². The van der Waals surface area contributed by atoms with Crippen LogP contribution in [0.25, 0.3) is 0 Å². The number of hydrogen-bond donors (Lipinski definition) is 1. The van der Waals surface area contributed by atoms with Gasteiger partial charge in [0, 0.05) is 0 Å². The van der Waals surface area contributed by atoms with Crippen LogP contribution in [-0.2, 0) is 0 Å². The molecule has 0 aliphatic carbocycles. The van der Waals surface area contributed by atoms with E-state index in [1.807, 2.05) is 6.92 Å². The van der Waals surface area contributed by atoms with Crippen molar-refractivity contribution in [1.82, 2.24) is 0 Å². The van der Waals surface area contributed by atoms with Crippen molar-refractivity contribution in [3.63, 3.8) is 0 Å². The van der Waals surface area contributed by atoms with Crippen molar-refractivity contribution in [2.24, 2.45) is 23.7 Å². The van der Waals surface area contributed by atoms with E-state index in [1.165, 1.54) is 0 Å². The minimum Gasteiger partial charge on any atom is -0.390 e. The molecule has 0 aromatic rings. The highest BCUT2D eigenvalue weighted by Crippen LogP contribution is 2.35. The molecule has 1 heteroatoms. The van der Waals surface area contributed by atoms with Crippen LogP contribution in [0.15, 0.2) is 0 Å². The highest BCUT2D eigenvalue weighted by molar-refractivity contribution is 4.85. The highest BCUT2D eigenvalue weighted by Gasteiger charge is 2.34. The third-order valence-corrected chi connectivity index (χ3v) is 3.15. The average Bonchev–Trinajstić information content (AvgIpc) is 1.96. The Bertz CT molecular complexity index is 168. The lowest BCUT2D eigenvalue weighted by atomic mass is 9.73. The molecule has 0 heterocycles. The number of rotatable bonds is 6. The molecule has 1 N–H and O–H groups in total. The lowest BCUT2D eigenvalue weighted by molar-refractivity contribution is -0.0448. The van der Waals surface area contributed by atoms with Gasteiger partial charge in [0.05, 0.1) is 5.60 Å². The van der Waals surface area contributed by atoms with Crippen molar-refractivity contribution < 1.29 is 5.11 Å². The maximum absolute atomic E-state index is 10.6. The van der Waals surface area contributed by atoms with Crippen molar-refractivity contribution in [2.45, 2.75) is 66.9 Å². The first kappa shape index (κ1) is 15.0. The van der Waals surface area contributed by atoms with Crippen LogP contribution in [0.3, 0.4) is 0 Å². The third-order valence-electron chi connectivity index (χ3n) is 3.15. The second-order valence-electron chi connectivity index (χ2n) is 6.44. The molecule has 0 radical (unpaired) electrons. The van der Waals surface area contributed by atoms with Gasteiger partial charge in [-0.1, -0.05) is 41.5 Å². The molecule has 1 nitrogen and oxygen atoms in total. The predicted molar refractivity (Wildman–Crippen MR) is 67.9 cm³/mol. The van der Waals surface area contributed by atoms with E-state index in [0.717, 1.165) is 12.8 Å². The topological polar surface area (TPSA) is 20.2 Å². The van der Waals surface area contributed by atoms with Crippen LogP contribution in [-0.4, -0.2) is 10.7 Å². The average molecular weight is 214 g/mol. The smallest absolute Gasteiger partial charge is 0.0652 e. The van der Waals surface area contributed by atoms with Crippen molar-refractivity contribution in [2.75, 3.05) is 0 Å². The van der Waals surface area contributed by atoms with Crippen LogP contribution in [0.5, 0.6) is 0 Å². The van der Waals surface area contributed by atoms with Crippen molar-refractivity contribution >= 4 is 0 Å². The normalized spacial score (nSPS) is 18.6. The molecule has 0 rings (SSSR count). The summed E-state index contributed by atoms with van der Waals surface area (Å²) >= 11 is 0. The predicted octanol–water partition coefficient (Wildman–Crippen LogP) is 4.10. The molecule has 0 aromatic heterocycles. The monoisotopic (exact) mass is 214 g/mol. The summed E-state index contributed by atoms with van der Waals surface area (Å²) in [6, 6.07) is 0. The van der Waals surface area contributed by atoms with Crippen molar-refractivity contribution in [1.29, 1.82) is 0 Å². The van der Waals surface area contributed by atoms with E-state index in [-0.39, 0.29) is 0 Å². The minimum atomic E-state index is -0.507. The van der Waals surface area contributed by atoms with Gasteiger partial charge in [-0.15, -0.1) is 0 Å². The number of hydrogen-bond acceptors (Lipinski definition) is 1. The van der Waals surface area contributed by atoms with E-state index in [4.69, 9.17) is 0 Å². The first-order valence-electron chi connectivity index (χ1n) is 6.39. The Balaban J connectivity index is 4.58. The zero-order valence-corrected chi connectivity index (χ0v) is 11.7. The quantitative estimate of drug-likeness (QED) is 0.705. The summed E-state index contributed by atoms with van der Waals surface area (Å²) in [6.45, 7) is 15.3. The van der Waals surface area contributed by atoms with Gasteiger partial charge in [-0.3, -0.25) is 0 Å². The lowest BCUT2D eigenvalue weighted by Crippen LogP contribution is -2.39. The Hall–Kier alpha value is -0.0400. The van der Waals surface area contributed by atoms with Gasteiger partial charge in [-0.05, 0) is 43.4 Å². The van der Waals surface area contributed by atoms with E-state index in [9.17, 15) is 5.11 Å². The molecule has 0 bridgehead atoms. The fraction of sp³-hybridized carbons (Fsp3) is 1.00. The van der Waals surface area contributed by atoms with Crippen LogP contribution >= 0.6 is 0 Å². The summed E-state index contributed by atoms with van der Waals surface area (Å²) in [7, 11) is 0. The summed E-state index contributed by atoms with van der Waals surface area (Å²) in [6.07, 6.45) is 2.03. The zero-order valence-electron chi connectivity index (χ0n) is 11.7. The van der Waals surface area contributed by atoms with Gasteiger partial charge >= 0.3 is 0 Å². The molecule has 15 heavy (non-hydrogen) atoms. The van der Waals surface area contributed by atoms with Crippen LogP contribution in [0.1, 0.15) is 61.3 Å². The van der Waals surface area contributed by atoms with Gasteiger partial charge in [0.15, 0.2) is 0 Å². The molecule has 0 aliphatic heterocycles. The fourth-order valence-corrected chi connectivity index (χ4v) is 2.73. The molecule has 0 aromatic carbocycles. The summed E-state index contributed by atoms with van der Waals surface area (Å²) in [5.41, 5.74) is -0.507. The molecular weight excluding hydrogens is 184 g/mol. The van der Waals surface area contributed by atoms with Gasteiger partial charge in [-0.2, -0.15) is 0 Å². The van der Waals surface area contributed by atoms with Gasteiger partial charge < -0.3 is 5.11 Å². The molecule has 92 valence electrons. The maximum atomic E-state index is 10.6. The third kappa shape index (κ3) is 5.55. The molecule has 0 saturated carbocycles. The second kappa shape index (κ2) is 5.89. The van der Waals surface area contributed by atoms with Gasteiger partial charge in [0.2, 0.25) is 0 Å². The van der Waals surface area contributed by atoms with E-state index >= 15 is 0 Å². The van der Waals surface area contributed by atoms with E-state index < -0.39 is 5.60 Å². The Morgan fingerprint density at radius 2 is 1.40 bits per heavy atom. The first-order chi connectivity index (χ1) is 6.66. The summed E-state index contributed by atoms with van der Waals surface area (Å²) < 4.78 is 0. The summed E-state index contributed by atoms with van der Waals surface area (Å²) in [4.78, 5) is 0. The first-order valence-corrected chi connectivity index (χ1v) is 6.39. The summed E-state index contributed by atoms with van der Waals surface area (Å²) in [5, 5.41) is 10.6.